The SMILES string of the molecule is COc1ccc(OC)c(N2C(=NC(=O)COc3ccccc3)S[C@@H]3CS(=O)(=O)C[C@@H]32)c1. The van der Waals surface area contributed by atoms with Crippen molar-refractivity contribution < 1.29 is 27.4 Å². The summed E-state index contributed by atoms with van der Waals surface area (Å²) in [5.41, 5.74) is 0.606. The topological polar surface area (TPSA) is 94.5 Å². The van der Waals surface area contributed by atoms with Crippen LogP contribution in [-0.2, 0) is 14.6 Å². The zero-order valence-corrected chi connectivity index (χ0v) is 18.7. The number of amidine groups is 1. The van der Waals surface area contributed by atoms with Crippen LogP contribution in [0.5, 0.6) is 17.2 Å². The lowest BCUT2D eigenvalue weighted by atomic mass is 10.2. The van der Waals surface area contributed by atoms with E-state index < -0.39 is 15.7 Å². The summed E-state index contributed by atoms with van der Waals surface area (Å²) in [6.07, 6.45) is 0. The molecule has 2 aliphatic rings. The predicted molar refractivity (Wildman–Crippen MR) is 120 cm³/mol. The fraction of sp³-hybridized carbons (Fsp3) is 0.333. The molecule has 2 aromatic rings. The molecule has 0 unspecified atom stereocenters. The lowest BCUT2D eigenvalue weighted by Crippen LogP contribution is -2.38. The maximum atomic E-state index is 12.5. The molecule has 4 rings (SSSR count). The molecule has 8 nitrogen and oxygen atoms in total. The fourth-order valence-corrected chi connectivity index (χ4v) is 7.56. The van der Waals surface area contributed by atoms with Gasteiger partial charge in [-0.3, -0.25) is 4.79 Å². The monoisotopic (exact) mass is 462 g/mol. The number of aliphatic imine (C=N–C) groups is 1. The third-order valence-corrected chi connectivity index (χ3v) is 8.25. The molecule has 2 aromatic carbocycles. The highest BCUT2D eigenvalue weighted by molar-refractivity contribution is 8.16. The summed E-state index contributed by atoms with van der Waals surface area (Å²) in [6, 6.07) is 13.9. The second-order valence-corrected chi connectivity index (χ2v) is 10.5. The van der Waals surface area contributed by atoms with E-state index in [1.807, 2.05) is 18.2 Å². The van der Waals surface area contributed by atoms with E-state index in [9.17, 15) is 13.2 Å². The van der Waals surface area contributed by atoms with Crippen molar-refractivity contribution in [3.63, 3.8) is 0 Å². The van der Waals surface area contributed by atoms with Crippen LogP contribution in [0.1, 0.15) is 0 Å². The number of fused-ring (bicyclic) bond motifs is 1. The Bertz CT molecular complexity index is 1100. The number of amides is 1. The molecule has 0 bridgehead atoms. The number of nitrogens with zero attached hydrogens (tertiary/aromatic N) is 2. The van der Waals surface area contributed by atoms with Gasteiger partial charge >= 0.3 is 0 Å². The van der Waals surface area contributed by atoms with Crippen molar-refractivity contribution in [1.82, 2.24) is 0 Å². The summed E-state index contributed by atoms with van der Waals surface area (Å²) in [4.78, 5) is 18.6. The van der Waals surface area contributed by atoms with E-state index in [1.165, 1.54) is 18.9 Å². The van der Waals surface area contributed by atoms with E-state index in [2.05, 4.69) is 4.99 Å². The first kappa shape index (κ1) is 21.5. The van der Waals surface area contributed by atoms with E-state index in [0.29, 0.717) is 28.1 Å². The number of anilines is 1. The number of hydrogen-bond acceptors (Lipinski definition) is 7. The van der Waals surface area contributed by atoms with E-state index in [1.54, 1.807) is 42.3 Å². The molecule has 0 saturated carbocycles. The van der Waals surface area contributed by atoms with E-state index >= 15 is 0 Å². The number of hydrogen-bond donors (Lipinski definition) is 0. The first-order chi connectivity index (χ1) is 14.9. The molecule has 2 atom stereocenters. The molecular formula is C21H22N2O6S2. The summed E-state index contributed by atoms with van der Waals surface area (Å²) >= 11 is 1.29. The van der Waals surface area contributed by atoms with E-state index in [0.717, 1.165) is 0 Å². The van der Waals surface area contributed by atoms with E-state index in [-0.39, 0.29) is 29.4 Å². The average molecular weight is 463 g/mol. The van der Waals surface area contributed by atoms with Crippen LogP contribution in [0.4, 0.5) is 5.69 Å². The second kappa shape index (κ2) is 8.80. The van der Waals surface area contributed by atoms with Gasteiger partial charge in [-0.1, -0.05) is 30.0 Å². The number of benzene rings is 2. The maximum Gasteiger partial charge on any atom is 0.285 e. The zero-order chi connectivity index (χ0) is 22.0. The van der Waals surface area contributed by atoms with Crippen molar-refractivity contribution in [3.05, 3.63) is 48.5 Å². The third-order valence-electron chi connectivity index (χ3n) is 5.04. The number of ether oxygens (including phenoxy) is 3. The first-order valence-electron chi connectivity index (χ1n) is 9.58. The minimum absolute atomic E-state index is 0.0151. The van der Waals surface area contributed by atoms with Gasteiger partial charge in [0.15, 0.2) is 21.6 Å². The lowest BCUT2D eigenvalue weighted by Gasteiger charge is -2.26. The number of rotatable bonds is 6. The predicted octanol–water partition coefficient (Wildman–Crippen LogP) is 2.38. The van der Waals surface area contributed by atoms with Gasteiger partial charge in [0.25, 0.3) is 5.91 Å². The highest BCUT2D eigenvalue weighted by atomic mass is 32.2. The molecule has 2 aliphatic heterocycles. The molecule has 10 heteroatoms. The Hall–Kier alpha value is -2.72. The van der Waals surface area contributed by atoms with Gasteiger partial charge in [-0.15, -0.1) is 0 Å². The molecule has 2 heterocycles. The van der Waals surface area contributed by atoms with Gasteiger partial charge in [0.05, 0.1) is 37.5 Å². The Morgan fingerprint density at radius 2 is 1.87 bits per heavy atom. The number of carbonyl (C=O) groups excluding carboxylic acids is 1. The summed E-state index contributed by atoms with van der Waals surface area (Å²) < 4.78 is 40.9. The summed E-state index contributed by atoms with van der Waals surface area (Å²) in [7, 11) is -0.0960. The molecule has 1 amide bonds. The third kappa shape index (κ3) is 4.64. The van der Waals surface area contributed by atoms with Crippen LogP contribution < -0.4 is 19.1 Å². The number of carbonyl (C=O) groups is 1. The van der Waals surface area contributed by atoms with Gasteiger partial charge in [0, 0.05) is 11.3 Å². The highest BCUT2D eigenvalue weighted by Gasteiger charge is 2.50. The molecule has 2 fully saturated rings. The van der Waals surface area contributed by atoms with Crippen LogP contribution in [0.3, 0.4) is 0 Å². The Morgan fingerprint density at radius 1 is 1.10 bits per heavy atom. The van der Waals surface area contributed by atoms with Crippen LogP contribution in [-0.4, -0.2) is 63.1 Å². The minimum Gasteiger partial charge on any atom is -0.497 e. The lowest BCUT2D eigenvalue weighted by molar-refractivity contribution is -0.119. The van der Waals surface area contributed by atoms with E-state index in [4.69, 9.17) is 14.2 Å². The summed E-state index contributed by atoms with van der Waals surface area (Å²) in [5, 5.41) is 0.209. The highest BCUT2D eigenvalue weighted by Crippen LogP contribution is 2.44. The molecule has 2 saturated heterocycles. The van der Waals surface area contributed by atoms with Gasteiger partial charge < -0.3 is 19.1 Å². The summed E-state index contributed by atoms with van der Waals surface area (Å²) in [6.45, 7) is -0.217. The Labute approximate surface area is 185 Å². The minimum atomic E-state index is -3.18. The Kier molecular flexibility index (Phi) is 6.10. The quantitative estimate of drug-likeness (QED) is 0.646. The van der Waals surface area contributed by atoms with Crippen LogP contribution in [0.25, 0.3) is 0 Å². The van der Waals surface area contributed by atoms with Gasteiger partial charge in [-0.05, 0) is 24.3 Å². The van der Waals surface area contributed by atoms with Gasteiger partial charge in [-0.25, -0.2) is 8.42 Å². The first-order valence-corrected chi connectivity index (χ1v) is 12.3. The van der Waals surface area contributed by atoms with Crippen molar-refractivity contribution >= 4 is 38.4 Å². The van der Waals surface area contributed by atoms with Gasteiger partial charge in [0.1, 0.15) is 17.2 Å². The molecule has 31 heavy (non-hydrogen) atoms. The Morgan fingerprint density at radius 3 is 2.58 bits per heavy atom. The van der Waals surface area contributed by atoms with Crippen LogP contribution in [0, 0.1) is 0 Å². The number of para-hydroxylation sites is 1. The molecule has 0 aliphatic carbocycles. The van der Waals surface area contributed by atoms with Crippen LogP contribution >= 0.6 is 11.8 Å². The normalized spacial score (nSPS) is 22.9. The molecule has 0 N–H and O–H groups in total. The number of thioether (sulfide) groups is 1. The standard InChI is InChI=1S/C21H22N2O6S2/c1-27-15-8-9-18(28-2)16(10-15)23-17-12-31(25,26)13-19(17)30-21(23)22-20(24)11-29-14-6-4-3-5-7-14/h3-10,17,19H,11-13H2,1-2H3/t17-,19+/m0/s1. The molecule has 0 aromatic heterocycles. The average Bonchev–Trinajstić information content (AvgIpc) is 3.23. The molecular weight excluding hydrogens is 440 g/mol. The number of methoxy groups -OCH3 is 2. The largest absolute Gasteiger partial charge is 0.497 e. The fourth-order valence-electron chi connectivity index (χ4n) is 3.63. The number of sulfone groups is 1. The second-order valence-electron chi connectivity index (χ2n) is 7.10. The molecule has 0 radical (unpaired) electrons. The van der Waals surface area contributed by atoms with Crippen LogP contribution in [0.15, 0.2) is 53.5 Å². The molecule has 0 spiro atoms. The van der Waals surface area contributed by atoms with Crippen LogP contribution in [0.2, 0.25) is 0 Å². The zero-order valence-electron chi connectivity index (χ0n) is 17.1. The van der Waals surface area contributed by atoms with Crippen molar-refractivity contribution in [2.75, 3.05) is 37.2 Å². The maximum absolute atomic E-state index is 12.5. The summed E-state index contributed by atoms with van der Waals surface area (Å²) in [5.74, 6) is 1.26. The van der Waals surface area contributed by atoms with Crippen molar-refractivity contribution in [2.45, 2.75) is 11.3 Å². The van der Waals surface area contributed by atoms with Gasteiger partial charge in [0.2, 0.25) is 0 Å². The molecule has 164 valence electrons. The van der Waals surface area contributed by atoms with Gasteiger partial charge in [-0.2, -0.15) is 4.99 Å². The Balaban J connectivity index is 1.65. The van der Waals surface area contributed by atoms with Crippen molar-refractivity contribution in [1.29, 1.82) is 0 Å². The smallest absolute Gasteiger partial charge is 0.285 e. The van der Waals surface area contributed by atoms with Crippen molar-refractivity contribution in [2.24, 2.45) is 4.99 Å². The van der Waals surface area contributed by atoms with Crippen molar-refractivity contribution in [3.8, 4) is 17.2 Å².